The number of carbonyl (C=O) groups excluding carboxylic acids is 1. The summed E-state index contributed by atoms with van der Waals surface area (Å²) >= 11 is 7.99. The molecule has 1 aromatic heterocycles. The van der Waals surface area contributed by atoms with E-state index in [0.717, 1.165) is 55.2 Å². The van der Waals surface area contributed by atoms with Crippen LogP contribution in [-0.2, 0) is 4.79 Å². The summed E-state index contributed by atoms with van der Waals surface area (Å²) in [5.74, 6) is 0.937. The second-order valence-electron chi connectivity index (χ2n) is 6.99. The number of aromatic nitrogens is 3. The Morgan fingerprint density at radius 1 is 1.08 bits per heavy atom. The molecule has 2 aromatic rings. The van der Waals surface area contributed by atoms with Gasteiger partial charge in [-0.05, 0) is 37.8 Å². The van der Waals surface area contributed by atoms with Crippen LogP contribution in [0.4, 0.5) is 0 Å². The van der Waals surface area contributed by atoms with Crippen molar-refractivity contribution < 1.29 is 4.79 Å². The van der Waals surface area contributed by atoms with Crippen molar-refractivity contribution in [3.05, 3.63) is 29.3 Å². The standard InChI is InChI=1S/C19H23ClN4OS/c20-15-10-4-3-9-14(15)17-22-23-19(24(17)13-7-1-2-8-13)26-16-11-5-6-12-21-18(16)25/h3-4,9-10,13,16H,1-2,5-8,11-12H2,(H,21,25). The highest BCUT2D eigenvalue weighted by molar-refractivity contribution is 8.00. The Balaban J connectivity index is 1.70. The van der Waals surface area contributed by atoms with Gasteiger partial charge in [0.2, 0.25) is 5.91 Å². The van der Waals surface area contributed by atoms with Gasteiger partial charge in [0.25, 0.3) is 0 Å². The average molecular weight is 391 g/mol. The summed E-state index contributed by atoms with van der Waals surface area (Å²) in [6, 6.07) is 8.15. The first-order chi connectivity index (χ1) is 12.7. The SMILES string of the molecule is O=C1NCCCCC1Sc1nnc(-c2ccccc2Cl)n1C1CCCC1. The molecule has 1 amide bonds. The summed E-state index contributed by atoms with van der Waals surface area (Å²) in [5.41, 5.74) is 0.908. The second kappa shape index (κ2) is 8.01. The monoisotopic (exact) mass is 390 g/mol. The third kappa shape index (κ3) is 3.62. The van der Waals surface area contributed by atoms with Crippen LogP contribution in [0.5, 0.6) is 0 Å². The lowest BCUT2D eigenvalue weighted by atomic mass is 10.2. The molecule has 1 unspecified atom stereocenters. The number of hydrogen-bond donors (Lipinski definition) is 1. The van der Waals surface area contributed by atoms with Crippen LogP contribution in [0.3, 0.4) is 0 Å². The highest BCUT2D eigenvalue weighted by Gasteiger charge is 2.29. The van der Waals surface area contributed by atoms with E-state index in [1.54, 1.807) is 11.8 Å². The zero-order chi connectivity index (χ0) is 17.9. The van der Waals surface area contributed by atoms with Gasteiger partial charge in [-0.15, -0.1) is 10.2 Å². The molecule has 1 saturated heterocycles. The summed E-state index contributed by atoms with van der Waals surface area (Å²) < 4.78 is 2.23. The summed E-state index contributed by atoms with van der Waals surface area (Å²) in [7, 11) is 0. The maximum Gasteiger partial charge on any atom is 0.233 e. The fourth-order valence-electron chi connectivity index (χ4n) is 3.83. The lowest BCUT2D eigenvalue weighted by Crippen LogP contribution is -2.31. The molecule has 0 bridgehead atoms. The Kier molecular flexibility index (Phi) is 5.50. The molecule has 0 radical (unpaired) electrons. The van der Waals surface area contributed by atoms with Crippen molar-refractivity contribution in [1.82, 2.24) is 20.1 Å². The van der Waals surface area contributed by atoms with Gasteiger partial charge in [0.1, 0.15) is 0 Å². The quantitative estimate of drug-likeness (QED) is 0.836. The molecule has 1 aliphatic carbocycles. The Morgan fingerprint density at radius 2 is 1.85 bits per heavy atom. The Hall–Kier alpha value is -1.53. The summed E-state index contributed by atoms with van der Waals surface area (Å²) in [6.07, 6.45) is 7.68. The smallest absolute Gasteiger partial charge is 0.233 e. The molecule has 1 saturated carbocycles. The minimum Gasteiger partial charge on any atom is -0.355 e. The van der Waals surface area contributed by atoms with Crippen molar-refractivity contribution in [3.8, 4) is 11.4 Å². The van der Waals surface area contributed by atoms with Gasteiger partial charge in [0.15, 0.2) is 11.0 Å². The normalized spacial score (nSPS) is 21.6. The van der Waals surface area contributed by atoms with E-state index in [2.05, 4.69) is 20.1 Å². The van der Waals surface area contributed by atoms with Gasteiger partial charge in [-0.3, -0.25) is 9.36 Å². The maximum absolute atomic E-state index is 12.4. The molecule has 0 spiro atoms. The van der Waals surface area contributed by atoms with E-state index < -0.39 is 0 Å². The zero-order valence-corrected chi connectivity index (χ0v) is 16.2. The van der Waals surface area contributed by atoms with E-state index in [4.69, 9.17) is 11.6 Å². The number of halogens is 1. The van der Waals surface area contributed by atoms with Crippen LogP contribution in [0.1, 0.15) is 51.0 Å². The number of amides is 1. The fraction of sp³-hybridized carbons (Fsp3) is 0.526. The molecule has 1 N–H and O–H groups in total. The third-order valence-electron chi connectivity index (χ3n) is 5.20. The van der Waals surface area contributed by atoms with Crippen molar-refractivity contribution in [1.29, 1.82) is 0 Å². The van der Waals surface area contributed by atoms with Crippen LogP contribution in [0.15, 0.2) is 29.4 Å². The van der Waals surface area contributed by atoms with Crippen LogP contribution in [-0.4, -0.2) is 32.5 Å². The molecule has 138 valence electrons. The van der Waals surface area contributed by atoms with Gasteiger partial charge in [-0.2, -0.15) is 0 Å². The van der Waals surface area contributed by atoms with Crippen molar-refractivity contribution >= 4 is 29.3 Å². The van der Waals surface area contributed by atoms with Crippen molar-refractivity contribution in [2.75, 3.05) is 6.54 Å². The van der Waals surface area contributed by atoms with Crippen LogP contribution in [0, 0.1) is 0 Å². The Bertz CT molecular complexity index is 788. The molecule has 1 aliphatic heterocycles. The first-order valence-electron chi connectivity index (χ1n) is 9.38. The summed E-state index contributed by atoms with van der Waals surface area (Å²) in [5, 5.41) is 13.4. The molecule has 5 nitrogen and oxygen atoms in total. The lowest BCUT2D eigenvalue weighted by Gasteiger charge is -2.19. The largest absolute Gasteiger partial charge is 0.355 e. The minimum absolute atomic E-state index is 0.0963. The van der Waals surface area contributed by atoms with Gasteiger partial charge < -0.3 is 5.32 Å². The third-order valence-corrected chi connectivity index (χ3v) is 6.75. The second-order valence-corrected chi connectivity index (χ2v) is 8.56. The van der Waals surface area contributed by atoms with E-state index in [9.17, 15) is 4.79 Å². The molecule has 1 atom stereocenters. The minimum atomic E-state index is -0.0963. The predicted molar refractivity (Wildman–Crippen MR) is 104 cm³/mol. The summed E-state index contributed by atoms with van der Waals surface area (Å²) in [6.45, 7) is 0.774. The number of thioether (sulfide) groups is 1. The predicted octanol–water partition coefficient (Wildman–Crippen LogP) is 4.47. The molecule has 1 aromatic carbocycles. The molecular weight excluding hydrogens is 368 g/mol. The molecule has 7 heteroatoms. The highest BCUT2D eigenvalue weighted by Crippen LogP contribution is 2.39. The Labute approximate surface area is 162 Å². The van der Waals surface area contributed by atoms with Crippen LogP contribution >= 0.6 is 23.4 Å². The van der Waals surface area contributed by atoms with Gasteiger partial charge in [-0.25, -0.2) is 0 Å². The number of nitrogens with zero attached hydrogens (tertiary/aromatic N) is 3. The zero-order valence-electron chi connectivity index (χ0n) is 14.7. The highest BCUT2D eigenvalue weighted by atomic mass is 35.5. The van der Waals surface area contributed by atoms with E-state index >= 15 is 0 Å². The number of nitrogens with one attached hydrogen (secondary N) is 1. The topological polar surface area (TPSA) is 59.8 Å². The van der Waals surface area contributed by atoms with Crippen molar-refractivity contribution in [3.63, 3.8) is 0 Å². The maximum atomic E-state index is 12.4. The van der Waals surface area contributed by atoms with Gasteiger partial charge in [-0.1, -0.05) is 54.8 Å². The van der Waals surface area contributed by atoms with E-state index in [0.29, 0.717) is 11.1 Å². The van der Waals surface area contributed by atoms with Crippen LogP contribution < -0.4 is 5.32 Å². The molecule has 26 heavy (non-hydrogen) atoms. The first-order valence-corrected chi connectivity index (χ1v) is 10.6. The van der Waals surface area contributed by atoms with Crippen LogP contribution in [0.25, 0.3) is 11.4 Å². The molecule has 2 fully saturated rings. The molecular formula is C19H23ClN4OS. The number of hydrogen-bond acceptors (Lipinski definition) is 4. The molecule has 4 rings (SSSR count). The van der Waals surface area contributed by atoms with Gasteiger partial charge in [0.05, 0.1) is 10.3 Å². The van der Waals surface area contributed by atoms with Gasteiger partial charge >= 0.3 is 0 Å². The Morgan fingerprint density at radius 3 is 2.65 bits per heavy atom. The van der Waals surface area contributed by atoms with E-state index in [1.165, 1.54) is 12.8 Å². The van der Waals surface area contributed by atoms with Crippen LogP contribution in [0.2, 0.25) is 5.02 Å². The number of benzene rings is 1. The van der Waals surface area contributed by atoms with Crippen molar-refractivity contribution in [2.24, 2.45) is 0 Å². The van der Waals surface area contributed by atoms with Gasteiger partial charge in [0, 0.05) is 18.2 Å². The average Bonchev–Trinajstić information content (AvgIpc) is 3.25. The number of carbonyl (C=O) groups is 1. The molecule has 2 aliphatic rings. The molecule has 2 heterocycles. The van der Waals surface area contributed by atoms with Crippen molar-refractivity contribution in [2.45, 2.75) is 61.4 Å². The lowest BCUT2D eigenvalue weighted by molar-refractivity contribution is -0.120. The first kappa shape index (κ1) is 17.9. The van der Waals surface area contributed by atoms with E-state index in [1.807, 2.05) is 24.3 Å². The summed E-state index contributed by atoms with van der Waals surface area (Å²) in [4.78, 5) is 12.4. The number of rotatable bonds is 4. The van der Waals surface area contributed by atoms with E-state index in [-0.39, 0.29) is 11.2 Å². The fourth-order valence-corrected chi connectivity index (χ4v) is 5.21.